The van der Waals surface area contributed by atoms with Crippen molar-refractivity contribution in [2.24, 2.45) is 5.92 Å². The van der Waals surface area contributed by atoms with Gasteiger partial charge in [-0.15, -0.1) is 0 Å². The monoisotopic (exact) mass is 327 g/mol. The van der Waals surface area contributed by atoms with Gasteiger partial charge in [0.15, 0.2) is 0 Å². The summed E-state index contributed by atoms with van der Waals surface area (Å²) in [5.74, 6) is 0.985. The van der Waals surface area contributed by atoms with Gasteiger partial charge in [0, 0.05) is 37.9 Å². The summed E-state index contributed by atoms with van der Waals surface area (Å²) in [7, 11) is 0. The second-order valence-electron chi connectivity index (χ2n) is 7.77. The summed E-state index contributed by atoms with van der Waals surface area (Å²) in [6.45, 7) is 6.15. The van der Waals surface area contributed by atoms with Crippen molar-refractivity contribution in [1.29, 1.82) is 0 Å². The van der Waals surface area contributed by atoms with E-state index in [4.69, 9.17) is 0 Å². The van der Waals surface area contributed by atoms with E-state index in [9.17, 15) is 4.79 Å². The van der Waals surface area contributed by atoms with Crippen molar-refractivity contribution in [2.45, 2.75) is 51.1 Å². The minimum absolute atomic E-state index is 0.101. The highest BCUT2D eigenvalue weighted by Crippen LogP contribution is 2.33. The van der Waals surface area contributed by atoms with E-state index in [0.717, 1.165) is 32.6 Å². The molecule has 24 heavy (non-hydrogen) atoms. The first kappa shape index (κ1) is 15.9. The molecule has 3 atom stereocenters. The van der Waals surface area contributed by atoms with Gasteiger partial charge in [-0.25, -0.2) is 0 Å². The average Bonchev–Trinajstić information content (AvgIpc) is 2.61. The lowest BCUT2D eigenvalue weighted by Gasteiger charge is -2.45. The third kappa shape index (κ3) is 3.16. The quantitative estimate of drug-likeness (QED) is 0.907. The summed E-state index contributed by atoms with van der Waals surface area (Å²) in [4.78, 5) is 17.5. The summed E-state index contributed by atoms with van der Waals surface area (Å²) >= 11 is 0. The van der Waals surface area contributed by atoms with E-state index in [2.05, 4.69) is 46.3 Å². The lowest BCUT2D eigenvalue weighted by molar-refractivity contribution is -0.132. The number of rotatable bonds is 2. The molecule has 1 amide bonds. The van der Waals surface area contributed by atoms with Gasteiger partial charge < -0.3 is 10.2 Å². The fraction of sp³-hybridized carbons (Fsp3) is 0.650. The molecule has 3 unspecified atom stereocenters. The standard InChI is InChI=1S/C20H29N3O/c1-15-5-4-7-17(13-15)22-9-11-23(12-10-22)19-14-16-6-2-3-8-18(16)21-20(19)24/h4-5,7,13,16,18-19H,2-3,6,8-12,14H2,1H3,(H,21,24). The summed E-state index contributed by atoms with van der Waals surface area (Å²) in [6.07, 6.45) is 6.17. The number of piperazine rings is 1. The van der Waals surface area contributed by atoms with E-state index in [1.165, 1.54) is 36.9 Å². The van der Waals surface area contributed by atoms with E-state index in [-0.39, 0.29) is 11.9 Å². The minimum Gasteiger partial charge on any atom is -0.369 e. The Kier molecular flexibility index (Phi) is 4.49. The maximum atomic E-state index is 12.6. The Morgan fingerprint density at radius 2 is 1.88 bits per heavy atom. The summed E-state index contributed by atoms with van der Waals surface area (Å²) in [6, 6.07) is 9.29. The zero-order valence-corrected chi connectivity index (χ0v) is 14.7. The van der Waals surface area contributed by atoms with Crippen LogP contribution in [0.15, 0.2) is 24.3 Å². The number of benzene rings is 1. The van der Waals surface area contributed by atoms with Crippen LogP contribution in [0.25, 0.3) is 0 Å². The molecule has 1 aliphatic carbocycles. The second kappa shape index (κ2) is 6.75. The van der Waals surface area contributed by atoms with Crippen LogP contribution in [0.5, 0.6) is 0 Å². The molecule has 130 valence electrons. The smallest absolute Gasteiger partial charge is 0.237 e. The van der Waals surface area contributed by atoms with Gasteiger partial charge >= 0.3 is 0 Å². The molecule has 1 saturated carbocycles. The molecule has 4 nitrogen and oxygen atoms in total. The number of aryl methyl sites for hydroxylation is 1. The van der Waals surface area contributed by atoms with Crippen molar-refractivity contribution in [3.8, 4) is 0 Å². The van der Waals surface area contributed by atoms with Crippen LogP contribution < -0.4 is 10.2 Å². The predicted octanol–water partition coefficient (Wildman–Crippen LogP) is 2.56. The third-order valence-corrected chi connectivity index (χ3v) is 6.19. The Hall–Kier alpha value is -1.55. The normalized spacial score (nSPS) is 31.5. The number of hydrogen-bond donors (Lipinski definition) is 1. The van der Waals surface area contributed by atoms with Crippen molar-refractivity contribution in [1.82, 2.24) is 10.2 Å². The lowest BCUT2D eigenvalue weighted by Crippen LogP contribution is -2.61. The lowest BCUT2D eigenvalue weighted by atomic mass is 9.77. The molecule has 1 aromatic carbocycles. The molecule has 2 aliphatic heterocycles. The summed E-state index contributed by atoms with van der Waals surface area (Å²) in [5, 5.41) is 3.32. The number of fused-ring (bicyclic) bond motifs is 1. The Balaban J connectivity index is 1.37. The highest BCUT2D eigenvalue weighted by Gasteiger charge is 2.40. The van der Waals surface area contributed by atoms with Crippen molar-refractivity contribution in [2.75, 3.05) is 31.1 Å². The van der Waals surface area contributed by atoms with E-state index in [1.54, 1.807) is 0 Å². The van der Waals surface area contributed by atoms with Crippen LogP contribution in [-0.2, 0) is 4.79 Å². The summed E-state index contributed by atoms with van der Waals surface area (Å²) in [5.41, 5.74) is 2.63. The van der Waals surface area contributed by atoms with E-state index in [0.29, 0.717) is 12.0 Å². The van der Waals surface area contributed by atoms with Gasteiger partial charge in [0.1, 0.15) is 0 Å². The van der Waals surface area contributed by atoms with E-state index < -0.39 is 0 Å². The zero-order chi connectivity index (χ0) is 16.5. The first-order valence-electron chi connectivity index (χ1n) is 9.57. The fourth-order valence-corrected chi connectivity index (χ4v) is 4.78. The van der Waals surface area contributed by atoms with Crippen molar-refractivity contribution in [3.05, 3.63) is 29.8 Å². The van der Waals surface area contributed by atoms with Crippen LogP contribution in [-0.4, -0.2) is 49.1 Å². The van der Waals surface area contributed by atoms with Crippen LogP contribution >= 0.6 is 0 Å². The van der Waals surface area contributed by atoms with Gasteiger partial charge in [0.05, 0.1) is 6.04 Å². The Labute approximate surface area is 145 Å². The zero-order valence-electron chi connectivity index (χ0n) is 14.7. The van der Waals surface area contributed by atoms with Gasteiger partial charge in [-0.05, 0) is 49.8 Å². The summed E-state index contributed by atoms with van der Waals surface area (Å²) < 4.78 is 0. The Morgan fingerprint density at radius 1 is 1.08 bits per heavy atom. The average molecular weight is 327 g/mol. The molecule has 3 fully saturated rings. The molecule has 3 aliphatic rings. The number of amides is 1. The van der Waals surface area contributed by atoms with Gasteiger partial charge in [-0.2, -0.15) is 0 Å². The Morgan fingerprint density at radius 3 is 2.67 bits per heavy atom. The molecule has 0 spiro atoms. The largest absolute Gasteiger partial charge is 0.369 e. The molecular weight excluding hydrogens is 298 g/mol. The van der Waals surface area contributed by atoms with Crippen LogP contribution in [0.4, 0.5) is 5.69 Å². The number of carbonyl (C=O) groups is 1. The molecule has 1 aromatic rings. The van der Waals surface area contributed by atoms with Crippen LogP contribution in [0.3, 0.4) is 0 Å². The van der Waals surface area contributed by atoms with Gasteiger partial charge in [-0.3, -0.25) is 9.69 Å². The number of piperidine rings is 1. The fourth-order valence-electron chi connectivity index (χ4n) is 4.78. The van der Waals surface area contributed by atoms with Crippen molar-refractivity contribution < 1.29 is 4.79 Å². The second-order valence-corrected chi connectivity index (χ2v) is 7.77. The van der Waals surface area contributed by atoms with Crippen LogP contribution in [0.1, 0.15) is 37.7 Å². The number of anilines is 1. The molecule has 2 heterocycles. The van der Waals surface area contributed by atoms with E-state index in [1.807, 2.05) is 0 Å². The maximum absolute atomic E-state index is 12.6. The number of carbonyl (C=O) groups excluding carboxylic acids is 1. The molecule has 0 radical (unpaired) electrons. The first-order valence-corrected chi connectivity index (χ1v) is 9.57. The molecule has 2 saturated heterocycles. The predicted molar refractivity (Wildman–Crippen MR) is 97.3 cm³/mol. The SMILES string of the molecule is Cc1cccc(N2CCN(C3CC4CCCCC4NC3=O)CC2)c1. The highest BCUT2D eigenvalue weighted by molar-refractivity contribution is 5.83. The Bertz CT molecular complexity index is 594. The van der Waals surface area contributed by atoms with Gasteiger partial charge in [-0.1, -0.05) is 25.0 Å². The molecule has 0 aromatic heterocycles. The van der Waals surface area contributed by atoms with Gasteiger partial charge in [0.2, 0.25) is 5.91 Å². The van der Waals surface area contributed by atoms with Crippen LogP contribution in [0.2, 0.25) is 0 Å². The third-order valence-electron chi connectivity index (χ3n) is 6.19. The van der Waals surface area contributed by atoms with Crippen molar-refractivity contribution in [3.63, 3.8) is 0 Å². The van der Waals surface area contributed by atoms with Crippen molar-refractivity contribution >= 4 is 11.6 Å². The molecule has 1 N–H and O–H groups in total. The minimum atomic E-state index is 0.101. The number of nitrogens with zero attached hydrogens (tertiary/aromatic N) is 2. The maximum Gasteiger partial charge on any atom is 0.237 e. The molecule has 4 rings (SSSR count). The topological polar surface area (TPSA) is 35.6 Å². The molecule has 0 bridgehead atoms. The highest BCUT2D eigenvalue weighted by atomic mass is 16.2. The van der Waals surface area contributed by atoms with E-state index >= 15 is 0 Å². The number of nitrogens with one attached hydrogen (secondary N) is 1. The van der Waals surface area contributed by atoms with Gasteiger partial charge in [0.25, 0.3) is 0 Å². The number of hydrogen-bond acceptors (Lipinski definition) is 3. The molecular formula is C20H29N3O. The van der Waals surface area contributed by atoms with Crippen LogP contribution in [0, 0.1) is 12.8 Å². The molecule has 4 heteroatoms. The first-order chi connectivity index (χ1) is 11.7.